The average Bonchev–Trinajstić information content (AvgIpc) is 3.60. The van der Waals surface area contributed by atoms with Crippen LogP contribution in [0.1, 0.15) is 62.5 Å². The van der Waals surface area contributed by atoms with E-state index in [-0.39, 0.29) is 37.3 Å². The first-order valence-electron chi connectivity index (χ1n) is 12.1. The van der Waals surface area contributed by atoms with Gasteiger partial charge in [0.1, 0.15) is 12.6 Å². The van der Waals surface area contributed by atoms with Gasteiger partial charge in [0, 0.05) is 18.4 Å². The smallest absolute Gasteiger partial charge is 0.407 e. The Morgan fingerprint density at radius 1 is 1.00 bits per heavy atom. The second-order valence-corrected chi connectivity index (χ2v) is 9.25. The highest BCUT2D eigenvalue weighted by Gasteiger charge is 2.31. The molecule has 2 aliphatic rings. The molecule has 2 aliphatic carbocycles. The van der Waals surface area contributed by atoms with Gasteiger partial charge >= 0.3 is 12.1 Å². The lowest BCUT2D eigenvalue weighted by molar-refractivity contribution is -0.137. The summed E-state index contributed by atoms with van der Waals surface area (Å²) in [7, 11) is 0. The topological polar surface area (TPSA) is 105 Å². The molecule has 7 heteroatoms. The molecule has 0 spiro atoms. The van der Waals surface area contributed by atoms with Crippen LogP contribution in [0.2, 0.25) is 0 Å². The maximum atomic E-state index is 12.9. The number of benzene rings is 2. The van der Waals surface area contributed by atoms with Crippen LogP contribution in [0.5, 0.6) is 0 Å². The van der Waals surface area contributed by atoms with E-state index in [9.17, 15) is 14.4 Å². The minimum atomic E-state index is -1.02. The number of aliphatic carboxylic acids is 1. The number of hydrogen-bond acceptors (Lipinski definition) is 4. The predicted octanol–water partition coefficient (Wildman–Crippen LogP) is 4.45. The van der Waals surface area contributed by atoms with Gasteiger partial charge in [0.2, 0.25) is 5.91 Å². The van der Waals surface area contributed by atoms with Gasteiger partial charge in [-0.15, -0.1) is 0 Å². The number of carboxylic acid groups (broad SMARTS) is 1. The van der Waals surface area contributed by atoms with Gasteiger partial charge in [-0.1, -0.05) is 68.3 Å². The van der Waals surface area contributed by atoms with Crippen LogP contribution in [-0.2, 0) is 14.3 Å². The molecule has 0 bridgehead atoms. The zero-order valence-electron chi connectivity index (χ0n) is 19.5. The molecule has 180 valence electrons. The van der Waals surface area contributed by atoms with Crippen molar-refractivity contribution in [3.8, 4) is 11.1 Å². The summed E-state index contributed by atoms with van der Waals surface area (Å²) in [4.78, 5) is 36.6. The summed E-state index contributed by atoms with van der Waals surface area (Å²) >= 11 is 0. The maximum absolute atomic E-state index is 12.9. The van der Waals surface area contributed by atoms with Crippen LogP contribution < -0.4 is 10.6 Å². The van der Waals surface area contributed by atoms with E-state index in [2.05, 4.69) is 22.8 Å². The van der Waals surface area contributed by atoms with Crippen LogP contribution >= 0.6 is 0 Å². The molecule has 34 heavy (non-hydrogen) atoms. The molecule has 4 rings (SSSR count). The van der Waals surface area contributed by atoms with Crippen molar-refractivity contribution in [3.63, 3.8) is 0 Å². The van der Waals surface area contributed by atoms with Crippen molar-refractivity contribution in [3.05, 3.63) is 59.7 Å². The molecule has 1 fully saturated rings. The quantitative estimate of drug-likeness (QED) is 0.456. The molecular weight excluding hydrogens is 432 g/mol. The van der Waals surface area contributed by atoms with Gasteiger partial charge in [-0.2, -0.15) is 0 Å². The zero-order chi connectivity index (χ0) is 24.1. The molecule has 7 nitrogen and oxygen atoms in total. The highest BCUT2D eigenvalue weighted by molar-refractivity contribution is 5.86. The molecule has 0 saturated heterocycles. The van der Waals surface area contributed by atoms with E-state index < -0.39 is 18.1 Å². The molecule has 2 amide bonds. The molecule has 2 unspecified atom stereocenters. The van der Waals surface area contributed by atoms with Gasteiger partial charge in [0.05, 0.1) is 0 Å². The second kappa shape index (κ2) is 10.7. The van der Waals surface area contributed by atoms with Crippen molar-refractivity contribution in [2.45, 2.75) is 63.5 Å². The van der Waals surface area contributed by atoms with Crippen LogP contribution in [-0.4, -0.2) is 41.8 Å². The molecule has 3 N–H and O–H groups in total. The molecule has 2 aromatic rings. The van der Waals surface area contributed by atoms with Gasteiger partial charge in [-0.05, 0) is 47.4 Å². The summed E-state index contributed by atoms with van der Waals surface area (Å²) in [6.07, 6.45) is 3.14. The van der Waals surface area contributed by atoms with E-state index in [0.717, 1.165) is 35.1 Å². The van der Waals surface area contributed by atoms with Gasteiger partial charge < -0.3 is 20.5 Å². The van der Waals surface area contributed by atoms with Gasteiger partial charge in [-0.25, -0.2) is 4.79 Å². The van der Waals surface area contributed by atoms with Crippen molar-refractivity contribution < 1.29 is 24.2 Å². The molecule has 0 aliphatic heterocycles. The molecule has 1 saturated carbocycles. The predicted molar refractivity (Wildman–Crippen MR) is 128 cm³/mol. The summed E-state index contributed by atoms with van der Waals surface area (Å²) in [5.41, 5.74) is 4.46. The van der Waals surface area contributed by atoms with Gasteiger partial charge in [-0.3, -0.25) is 9.59 Å². The van der Waals surface area contributed by atoms with Crippen LogP contribution in [0, 0.1) is 5.92 Å². The number of amides is 2. The van der Waals surface area contributed by atoms with Crippen molar-refractivity contribution in [2.75, 3.05) is 6.61 Å². The number of carboxylic acids is 1. The average molecular weight is 465 g/mol. The molecule has 0 aromatic heterocycles. The molecule has 0 heterocycles. The third kappa shape index (κ3) is 5.76. The van der Waals surface area contributed by atoms with E-state index in [0.29, 0.717) is 5.92 Å². The lowest BCUT2D eigenvalue weighted by Crippen LogP contribution is -2.50. The third-order valence-corrected chi connectivity index (χ3v) is 6.75. The normalized spacial score (nSPS) is 16.1. The summed E-state index contributed by atoms with van der Waals surface area (Å²) in [5.74, 6) is -0.815. The summed E-state index contributed by atoms with van der Waals surface area (Å²) in [6, 6.07) is 15.2. The first-order valence-corrected chi connectivity index (χ1v) is 12.1. The van der Waals surface area contributed by atoms with Crippen molar-refractivity contribution in [2.24, 2.45) is 5.92 Å². The van der Waals surface area contributed by atoms with Crippen LogP contribution in [0.3, 0.4) is 0 Å². The Morgan fingerprint density at radius 3 is 2.18 bits per heavy atom. The zero-order valence-corrected chi connectivity index (χ0v) is 19.5. The SMILES string of the molecule is CCC(CC1CC1)NC(=O)C(CCC(=O)O)NC(=O)OCC1c2ccccc2-c2ccccc21. The fourth-order valence-electron chi connectivity index (χ4n) is 4.70. The highest BCUT2D eigenvalue weighted by atomic mass is 16.5. The lowest BCUT2D eigenvalue weighted by atomic mass is 9.98. The summed E-state index contributed by atoms with van der Waals surface area (Å²) in [5, 5.41) is 14.7. The van der Waals surface area contributed by atoms with E-state index in [4.69, 9.17) is 9.84 Å². The van der Waals surface area contributed by atoms with Crippen molar-refractivity contribution >= 4 is 18.0 Å². The standard InChI is InChI=1S/C27H32N2O5/c1-2-18(15-17-11-12-17)28-26(32)24(13-14-25(30)31)29-27(33)34-16-23-21-9-5-3-7-19(21)20-8-4-6-10-22(20)23/h3-10,17-18,23-24H,2,11-16H2,1H3,(H,28,32)(H,29,33)(H,30,31). The first kappa shape index (κ1) is 23.8. The number of carbonyl (C=O) groups excluding carboxylic acids is 2. The van der Waals surface area contributed by atoms with Gasteiger partial charge in [0.15, 0.2) is 0 Å². The molecule has 2 aromatic carbocycles. The first-order chi connectivity index (χ1) is 16.5. The number of fused-ring (bicyclic) bond motifs is 3. The number of carbonyl (C=O) groups is 3. The minimum absolute atomic E-state index is 0.00518. The number of alkyl carbamates (subject to hydrolysis) is 1. The maximum Gasteiger partial charge on any atom is 0.407 e. The number of hydrogen-bond donors (Lipinski definition) is 3. The fourth-order valence-corrected chi connectivity index (χ4v) is 4.70. The molecule has 0 radical (unpaired) electrons. The van der Waals surface area contributed by atoms with Crippen LogP contribution in [0.25, 0.3) is 11.1 Å². The van der Waals surface area contributed by atoms with Gasteiger partial charge in [0.25, 0.3) is 0 Å². The Labute approximate surface area is 199 Å². The van der Waals surface area contributed by atoms with E-state index in [1.165, 1.54) is 12.8 Å². The summed E-state index contributed by atoms with van der Waals surface area (Å²) in [6.45, 7) is 2.14. The van der Waals surface area contributed by atoms with Crippen LogP contribution in [0.4, 0.5) is 4.79 Å². The Balaban J connectivity index is 1.38. The highest BCUT2D eigenvalue weighted by Crippen LogP contribution is 2.44. The fraction of sp³-hybridized carbons (Fsp3) is 0.444. The molecule has 2 atom stereocenters. The monoisotopic (exact) mass is 464 g/mol. The Hall–Kier alpha value is -3.35. The van der Waals surface area contributed by atoms with E-state index in [1.807, 2.05) is 43.3 Å². The Morgan fingerprint density at radius 2 is 1.62 bits per heavy atom. The Bertz CT molecular complexity index is 1000. The number of nitrogens with one attached hydrogen (secondary N) is 2. The lowest BCUT2D eigenvalue weighted by Gasteiger charge is -2.23. The summed E-state index contributed by atoms with van der Waals surface area (Å²) < 4.78 is 5.56. The minimum Gasteiger partial charge on any atom is -0.481 e. The Kier molecular flexibility index (Phi) is 7.50. The van der Waals surface area contributed by atoms with Crippen molar-refractivity contribution in [1.82, 2.24) is 10.6 Å². The number of rotatable bonds is 11. The largest absolute Gasteiger partial charge is 0.481 e. The van der Waals surface area contributed by atoms with E-state index >= 15 is 0 Å². The van der Waals surface area contributed by atoms with E-state index in [1.54, 1.807) is 0 Å². The van der Waals surface area contributed by atoms with Crippen LogP contribution in [0.15, 0.2) is 48.5 Å². The second-order valence-electron chi connectivity index (χ2n) is 9.25. The molecular formula is C27H32N2O5. The van der Waals surface area contributed by atoms with Crippen molar-refractivity contribution in [1.29, 1.82) is 0 Å². The third-order valence-electron chi connectivity index (χ3n) is 6.75. The number of ether oxygens (including phenoxy) is 1.